The summed E-state index contributed by atoms with van der Waals surface area (Å²) in [6.45, 7) is 4.70. The zero-order valence-corrected chi connectivity index (χ0v) is 15.9. The maximum Gasteiger partial charge on any atom is 0.337 e. The van der Waals surface area contributed by atoms with E-state index in [1.807, 2.05) is 25.2 Å². The fourth-order valence-electron chi connectivity index (χ4n) is 2.72. The fraction of sp³-hybridized carbons (Fsp3) is 0.389. The maximum atomic E-state index is 12.2. The Labute approximate surface area is 156 Å². The molecule has 0 radical (unpaired) electrons. The Morgan fingerprint density at radius 1 is 1.42 bits per heavy atom. The summed E-state index contributed by atoms with van der Waals surface area (Å²) in [7, 11) is 1.95. The molecule has 8 heteroatoms. The van der Waals surface area contributed by atoms with E-state index in [4.69, 9.17) is 9.72 Å². The molecule has 1 atom stereocenters. The van der Waals surface area contributed by atoms with Crippen LogP contribution in [0.3, 0.4) is 0 Å². The number of amides is 2. The lowest BCUT2D eigenvalue weighted by atomic mass is 10.1. The number of rotatable bonds is 6. The number of thiazole rings is 1. The second-order valence-corrected chi connectivity index (χ2v) is 7.16. The van der Waals surface area contributed by atoms with Crippen LogP contribution in [0, 0.1) is 0 Å². The van der Waals surface area contributed by atoms with Gasteiger partial charge in [-0.3, -0.25) is 4.90 Å². The van der Waals surface area contributed by atoms with Gasteiger partial charge >= 0.3 is 12.0 Å². The van der Waals surface area contributed by atoms with E-state index in [1.165, 1.54) is 0 Å². The number of fused-ring (bicyclic) bond motifs is 1. The third kappa shape index (κ3) is 3.86. The van der Waals surface area contributed by atoms with E-state index in [2.05, 4.69) is 28.5 Å². The number of carbonyl (C=O) groups excluding carboxylic acids is 2. The highest BCUT2D eigenvalue weighted by Crippen LogP contribution is 2.29. The molecule has 0 aliphatic carbocycles. The number of aromatic nitrogens is 1. The molecule has 0 saturated carbocycles. The number of hydrogen-bond acceptors (Lipinski definition) is 6. The van der Waals surface area contributed by atoms with Crippen molar-refractivity contribution in [2.75, 3.05) is 26.7 Å². The summed E-state index contributed by atoms with van der Waals surface area (Å²) in [6.07, 6.45) is 0. The first-order chi connectivity index (χ1) is 12.5. The van der Waals surface area contributed by atoms with Crippen molar-refractivity contribution in [3.63, 3.8) is 0 Å². The summed E-state index contributed by atoms with van der Waals surface area (Å²) in [5, 5.41) is 6.35. The maximum absolute atomic E-state index is 12.2. The van der Waals surface area contributed by atoms with Gasteiger partial charge in [0.05, 0.1) is 35.0 Å². The number of likely N-dealkylation sites (N-methyl/N-ethyl adjacent to an activating group) is 1. The monoisotopic (exact) mass is 374 g/mol. The van der Waals surface area contributed by atoms with Gasteiger partial charge in [0.1, 0.15) is 5.01 Å². The molecule has 26 heavy (non-hydrogen) atoms. The predicted molar refractivity (Wildman–Crippen MR) is 101 cm³/mol. The van der Waals surface area contributed by atoms with Crippen molar-refractivity contribution in [1.82, 2.24) is 20.5 Å². The van der Waals surface area contributed by atoms with Crippen molar-refractivity contribution < 1.29 is 14.3 Å². The number of urea groups is 1. The molecular weight excluding hydrogens is 352 g/mol. The summed E-state index contributed by atoms with van der Waals surface area (Å²) in [5.41, 5.74) is 2.01. The van der Waals surface area contributed by atoms with Gasteiger partial charge in [0.2, 0.25) is 0 Å². The summed E-state index contributed by atoms with van der Waals surface area (Å²) >= 11 is 1.65. The van der Waals surface area contributed by atoms with Crippen LogP contribution in [0.25, 0.3) is 10.2 Å². The summed E-state index contributed by atoms with van der Waals surface area (Å²) in [5.74, 6) is -0.406. The van der Waals surface area contributed by atoms with Gasteiger partial charge < -0.3 is 15.4 Å². The third-order valence-electron chi connectivity index (χ3n) is 4.31. The number of hydrogen-bond donors (Lipinski definition) is 2. The largest absolute Gasteiger partial charge is 0.463 e. The van der Waals surface area contributed by atoms with Gasteiger partial charge in [-0.2, -0.15) is 0 Å². The predicted octanol–water partition coefficient (Wildman–Crippen LogP) is 2.42. The Morgan fingerprint density at radius 3 is 2.92 bits per heavy atom. The van der Waals surface area contributed by atoms with Crippen LogP contribution in [0.2, 0.25) is 0 Å². The fourth-order valence-corrected chi connectivity index (χ4v) is 3.81. The molecule has 1 aromatic carbocycles. The highest BCUT2D eigenvalue weighted by molar-refractivity contribution is 7.18. The van der Waals surface area contributed by atoms with Crippen LogP contribution in [0.4, 0.5) is 4.79 Å². The number of ether oxygens (including phenoxy) is 1. The molecule has 1 aliphatic rings. The normalized spacial score (nSPS) is 15.8. The van der Waals surface area contributed by atoms with E-state index in [0.717, 1.165) is 15.2 Å². The molecule has 2 amide bonds. The van der Waals surface area contributed by atoms with Crippen LogP contribution in [-0.2, 0) is 9.53 Å². The third-order valence-corrected chi connectivity index (χ3v) is 5.52. The lowest BCUT2D eigenvalue weighted by molar-refractivity contribution is -0.138. The van der Waals surface area contributed by atoms with Gasteiger partial charge in [0.15, 0.2) is 0 Å². The molecule has 0 bridgehead atoms. The van der Waals surface area contributed by atoms with E-state index in [1.54, 1.807) is 18.3 Å². The van der Waals surface area contributed by atoms with Crippen molar-refractivity contribution in [3.05, 3.63) is 40.5 Å². The molecule has 2 N–H and O–H groups in total. The minimum Gasteiger partial charge on any atom is -0.463 e. The first-order valence-corrected chi connectivity index (χ1v) is 9.31. The Hall–Kier alpha value is -2.45. The minimum atomic E-state index is -0.406. The number of nitrogens with zero attached hydrogens (tertiary/aromatic N) is 2. The molecule has 0 spiro atoms. The number of para-hydroxylation sites is 1. The van der Waals surface area contributed by atoms with Gasteiger partial charge in [-0.1, -0.05) is 12.1 Å². The number of benzene rings is 1. The van der Waals surface area contributed by atoms with Crippen LogP contribution in [0.1, 0.15) is 24.9 Å². The molecule has 1 aliphatic heterocycles. The molecule has 138 valence electrons. The summed E-state index contributed by atoms with van der Waals surface area (Å²) in [6, 6.07) is 7.75. The van der Waals surface area contributed by atoms with Crippen molar-refractivity contribution in [3.8, 4) is 0 Å². The van der Waals surface area contributed by atoms with E-state index in [-0.39, 0.29) is 18.6 Å². The second-order valence-electron chi connectivity index (χ2n) is 6.10. The molecule has 1 aromatic heterocycles. The lowest BCUT2D eigenvalue weighted by Crippen LogP contribution is -2.46. The minimum absolute atomic E-state index is 0.0372. The van der Waals surface area contributed by atoms with Crippen molar-refractivity contribution >= 4 is 33.6 Å². The standard InChI is InChI=1S/C18H22N4O3S/c1-4-25-17(23)12-9-19-18(24)21-14(12)10-22(3)11(2)16-20-13-7-5-6-8-15(13)26-16/h5-8,11H,4,9-10H2,1-3H3,(H2,19,21,24)/t11-/m0/s1. The Kier molecular flexibility index (Phi) is 5.53. The zero-order valence-electron chi connectivity index (χ0n) is 15.0. The van der Waals surface area contributed by atoms with Gasteiger partial charge in [-0.25, -0.2) is 14.6 Å². The topological polar surface area (TPSA) is 83.6 Å². The van der Waals surface area contributed by atoms with Gasteiger partial charge in [0, 0.05) is 12.2 Å². The highest BCUT2D eigenvalue weighted by Gasteiger charge is 2.26. The van der Waals surface area contributed by atoms with E-state index in [9.17, 15) is 9.59 Å². The molecule has 0 unspecified atom stereocenters. The molecular formula is C18H22N4O3S. The quantitative estimate of drug-likeness (QED) is 0.759. The second kappa shape index (κ2) is 7.84. The summed E-state index contributed by atoms with van der Waals surface area (Å²) < 4.78 is 6.24. The Balaban J connectivity index is 1.80. The molecule has 0 saturated heterocycles. The number of nitrogens with one attached hydrogen (secondary N) is 2. The van der Waals surface area contributed by atoms with Crippen LogP contribution in [-0.4, -0.2) is 48.6 Å². The van der Waals surface area contributed by atoms with Crippen LogP contribution >= 0.6 is 11.3 Å². The highest BCUT2D eigenvalue weighted by atomic mass is 32.1. The van der Waals surface area contributed by atoms with Crippen molar-refractivity contribution in [1.29, 1.82) is 0 Å². The van der Waals surface area contributed by atoms with Gasteiger partial charge in [-0.15, -0.1) is 11.3 Å². The lowest BCUT2D eigenvalue weighted by Gasteiger charge is -2.28. The average Bonchev–Trinajstić information content (AvgIpc) is 3.05. The summed E-state index contributed by atoms with van der Waals surface area (Å²) in [4.78, 5) is 30.6. The molecule has 2 aromatic rings. The molecule has 3 rings (SSSR count). The smallest absolute Gasteiger partial charge is 0.337 e. The first kappa shape index (κ1) is 18.3. The van der Waals surface area contributed by atoms with Gasteiger partial charge in [0.25, 0.3) is 0 Å². The SMILES string of the molecule is CCOC(=O)C1=C(CN(C)[C@@H](C)c2nc3ccccc3s2)NC(=O)NC1. The molecule has 0 fully saturated rings. The number of esters is 1. The van der Waals surface area contributed by atoms with E-state index >= 15 is 0 Å². The zero-order chi connectivity index (χ0) is 18.7. The van der Waals surface area contributed by atoms with E-state index < -0.39 is 5.97 Å². The number of carbonyl (C=O) groups is 2. The van der Waals surface area contributed by atoms with E-state index in [0.29, 0.717) is 24.4 Å². The molecule has 2 heterocycles. The van der Waals surface area contributed by atoms with Crippen molar-refractivity contribution in [2.45, 2.75) is 19.9 Å². The Morgan fingerprint density at radius 2 is 2.19 bits per heavy atom. The first-order valence-electron chi connectivity index (χ1n) is 8.49. The van der Waals surface area contributed by atoms with Crippen LogP contribution in [0.5, 0.6) is 0 Å². The van der Waals surface area contributed by atoms with Crippen LogP contribution in [0.15, 0.2) is 35.5 Å². The average molecular weight is 374 g/mol. The Bertz CT molecular complexity index is 828. The van der Waals surface area contributed by atoms with Gasteiger partial charge in [-0.05, 0) is 33.0 Å². The van der Waals surface area contributed by atoms with Crippen molar-refractivity contribution in [2.24, 2.45) is 0 Å². The molecule has 7 nitrogen and oxygen atoms in total. The van der Waals surface area contributed by atoms with Crippen LogP contribution < -0.4 is 10.6 Å².